The average Bonchev–Trinajstić information content (AvgIpc) is 3.81. The van der Waals surface area contributed by atoms with E-state index >= 15 is 0 Å². The summed E-state index contributed by atoms with van der Waals surface area (Å²) in [4.78, 5) is 22.6. The van der Waals surface area contributed by atoms with Gasteiger partial charge in [0.1, 0.15) is 29.6 Å². The van der Waals surface area contributed by atoms with Crippen LogP contribution in [-0.4, -0.2) is 71.9 Å². The van der Waals surface area contributed by atoms with Gasteiger partial charge in [0.15, 0.2) is 0 Å². The van der Waals surface area contributed by atoms with Gasteiger partial charge in [-0.05, 0) is 116 Å². The Hall–Kier alpha value is -5.86. The molecule has 2 aliphatic carbocycles. The highest BCUT2D eigenvalue weighted by molar-refractivity contribution is 5.88. The monoisotopic (exact) mass is 730 g/mol. The molecule has 2 fully saturated rings. The number of aromatic carboxylic acids is 2. The summed E-state index contributed by atoms with van der Waals surface area (Å²) in [7, 11) is 1.60. The number of benzene rings is 3. The molecular weight excluding hydrogens is 690 g/mol. The highest BCUT2D eigenvalue weighted by Gasteiger charge is 2.29. The van der Waals surface area contributed by atoms with Gasteiger partial charge >= 0.3 is 11.9 Å². The molecule has 0 aliphatic heterocycles. The summed E-state index contributed by atoms with van der Waals surface area (Å²) in [6.07, 6.45) is 6.55. The Morgan fingerprint density at radius 1 is 0.736 bits per heavy atom. The smallest absolute Gasteiger partial charge is 0.362 e. The molecule has 53 heavy (non-hydrogen) atoms. The van der Waals surface area contributed by atoms with E-state index in [1.165, 1.54) is 28.9 Å². The van der Waals surface area contributed by atoms with Gasteiger partial charge in [0.25, 0.3) is 5.88 Å². The van der Waals surface area contributed by atoms with Crippen molar-refractivity contribution in [1.82, 2.24) is 30.4 Å². The molecule has 0 amide bonds. The van der Waals surface area contributed by atoms with E-state index < -0.39 is 11.9 Å². The minimum Gasteiger partial charge on any atom is -0.497 e. The van der Waals surface area contributed by atoms with E-state index in [1.54, 1.807) is 7.11 Å². The lowest BCUT2D eigenvalue weighted by Crippen LogP contribution is -2.25. The van der Waals surface area contributed by atoms with Crippen LogP contribution in [0.1, 0.15) is 101 Å². The van der Waals surface area contributed by atoms with Gasteiger partial charge < -0.3 is 24.4 Å². The zero-order chi connectivity index (χ0) is 37.3. The van der Waals surface area contributed by atoms with Crippen LogP contribution in [0.25, 0.3) is 0 Å². The van der Waals surface area contributed by atoms with Crippen LogP contribution in [0.2, 0.25) is 0 Å². The van der Waals surface area contributed by atoms with Crippen molar-refractivity contribution in [2.75, 3.05) is 7.11 Å². The Labute approximate surface area is 303 Å². The van der Waals surface area contributed by atoms with Crippen LogP contribution in [-0.2, 0) is 6.54 Å². The van der Waals surface area contributed by atoms with Crippen molar-refractivity contribution in [1.29, 1.82) is 0 Å². The topological polar surface area (TPSA) is 175 Å². The summed E-state index contributed by atoms with van der Waals surface area (Å²) < 4.78 is 44.5. The normalized spacial score (nSPS) is 19.8. The Balaban J connectivity index is 0.000000192. The summed E-state index contributed by atoms with van der Waals surface area (Å²) >= 11 is 0. The molecule has 2 aliphatic rings. The quantitative estimate of drug-likeness (QED) is 0.127. The number of carboxylic acids is 2. The van der Waals surface area contributed by atoms with Gasteiger partial charge in [0, 0.05) is 0 Å². The van der Waals surface area contributed by atoms with Gasteiger partial charge in [-0.15, -0.1) is 5.10 Å². The van der Waals surface area contributed by atoms with Crippen molar-refractivity contribution in [3.8, 4) is 17.5 Å². The highest BCUT2D eigenvalue weighted by atomic mass is 19.1. The molecule has 0 atom stereocenters. The maximum absolute atomic E-state index is 13.2. The highest BCUT2D eigenvalue weighted by Crippen LogP contribution is 2.36. The maximum atomic E-state index is 13.2. The Kier molecular flexibility index (Phi) is 11.9. The van der Waals surface area contributed by atoms with E-state index in [0.717, 1.165) is 73.8 Å². The molecule has 3 aromatic carbocycles. The molecule has 7 rings (SSSR count). The van der Waals surface area contributed by atoms with E-state index in [9.17, 15) is 23.5 Å². The van der Waals surface area contributed by atoms with Gasteiger partial charge in [-0.3, -0.25) is 0 Å². The van der Waals surface area contributed by atoms with E-state index in [-0.39, 0.29) is 47.0 Å². The Morgan fingerprint density at radius 3 is 1.75 bits per heavy atom. The van der Waals surface area contributed by atoms with Crippen molar-refractivity contribution in [3.05, 3.63) is 113 Å². The summed E-state index contributed by atoms with van der Waals surface area (Å²) in [5.74, 6) is -1.09. The fourth-order valence-corrected chi connectivity index (χ4v) is 6.82. The van der Waals surface area contributed by atoms with Crippen LogP contribution in [0.15, 0.2) is 72.8 Å². The number of H-pyrrole nitrogens is 1. The van der Waals surface area contributed by atoms with Crippen molar-refractivity contribution in [2.45, 2.75) is 82.0 Å². The molecule has 3 N–H and O–H groups in total. The minimum absolute atomic E-state index is 0.0396. The number of nitrogens with one attached hydrogen (secondary N) is 1. The molecule has 0 bridgehead atoms. The zero-order valence-electron chi connectivity index (χ0n) is 29.0. The molecular formula is C38H40F2N6O7. The van der Waals surface area contributed by atoms with Crippen LogP contribution in [0.3, 0.4) is 0 Å². The number of carboxylic acid groups (broad SMARTS) is 2. The first kappa shape index (κ1) is 36.9. The summed E-state index contributed by atoms with van der Waals surface area (Å²) in [6.45, 7) is 0.338. The first-order chi connectivity index (χ1) is 25.7. The number of hydrogen-bond acceptors (Lipinski definition) is 9. The first-order valence-electron chi connectivity index (χ1n) is 17.4. The number of rotatable bonds is 11. The molecule has 278 valence electrons. The maximum Gasteiger partial charge on any atom is 0.362 e. The number of carbonyl (C=O) groups is 2. The van der Waals surface area contributed by atoms with Gasteiger partial charge in [-0.1, -0.05) is 51.9 Å². The lowest BCUT2D eigenvalue weighted by atomic mass is 9.83. The number of methoxy groups -OCH3 is 1. The van der Waals surface area contributed by atoms with Crippen LogP contribution in [0, 0.1) is 11.6 Å². The lowest BCUT2D eigenvalue weighted by Gasteiger charge is -2.29. The Bertz CT molecular complexity index is 1950. The second-order valence-corrected chi connectivity index (χ2v) is 13.1. The van der Waals surface area contributed by atoms with Crippen molar-refractivity contribution < 1.29 is 42.8 Å². The number of halogens is 2. The van der Waals surface area contributed by atoms with Gasteiger partial charge in [-0.2, -0.15) is 0 Å². The SMILES string of the molecule is COc1ccc(Cn2nnc(C(=O)O)c2OC2CCC(c3ccc(F)cc3)CC2)cc1.O=C(O)c1[nH]nnc1OC1CCC(c2ccc(F)cc2)CC1. The Morgan fingerprint density at radius 2 is 1.26 bits per heavy atom. The van der Waals surface area contributed by atoms with Crippen LogP contribution in [0.5, 0.6) is 17.5 Å². The summed E-state index contributed by atoms with van der Waals surface area (Å²) in [5, 5.41) is 35.7. The number of aromatic nitrogens is 6. The summed E-state index contributed by atoms with van der Waals surface area (Å²) in [6, 6.07) is 20.7. The standard InChI is InChI=1S/C23H24FN3O4.C15H16FN3O3/c1-30-19-10-2-15(3-11-19)14-27-22(21(23(28)29)25-26-27)31-20-12-6-17(7-13-20)16-4-8-18(24)9-5-16;16-11-5-1-9(2-6-11)10-3-7-12(8-4-10)22-14-13(15(20)21)17-19-18-14/h2-5,8-11,17,20H,6-7,12-14H2,1H3,(H,28,29);1-2,5-6,10,12H,3-4,7-8H2,(H,20,21)(H,17,18,19). The first-order valence-corrected chi connectivity index (χ1v) is 17.4. The van der Waals surface area contributed by atoms with Crippen LogP contribution in [0.4, 0.5) is 8.78 Å². The largest absolute Gasteiger partial charge is 0.497 e. The van der Waals surface area contributed by atoms with Crippen LogP contribution < -0.4 is 14.2 Å². The van der Waals surface area contributed by atoms with E-state index in [0.29, 0.717) is 18.4 Å². The fourth-order valence-electron chi connectivity index (χ4n) is 6.82. The molecule has 0 saturated heterocycles. The van der Waals surface area contributed by atoms with Gasteiger partial charge in [0.05, 0.1) is 13.7 Å². The predicted molar refractivity (Wildman–Crippen MR) is 186 cm³/mol. The van der Waals surface area contributed by atoms with E-state index in [2.05, 4.69) is 25.7 Å². The van der Waals surface area contributed by atoms with Gasteiger partial charge in [0.2, 0.25) is 17.3 Å². The van der Waals surface area contributed by atoms with E-state index in [1.807, 2.05) is 48.5 Å². The molecule has 15 heteroatoms. The second-order valence-electron chi connectivity index (χ2n) is 13.1. The third-order valence-corrected chi connectivity index (χ3v) is 9.70. The molecule has 0 radical (unpaired) electrons. The second kappa shape index (κ2) is 17.1. The zero-order valence-corrected chi connectivity index (χ0v) is 29.0. The van der Waals surface area contributed by atoms with Crippen LogP contribution >= 0.6 is 0 Å². The lowest BCUT2D eigenvalue weighted by molar-refractivity contribution is 0.0665. The molecule has 2 heterocycles. The number of aromatic amines is 1. The third-order valence-electron chi connectivity index (χ3n) is 9.70. The molecule has 2 saturated carbocycles. The molecule has 2 aromatic heterocycles. The molecule has 5 aromatic rings. The average molecular weight is 731 g/mol. The number of nitrogens with zero attached hydrogens (tertiary/aromatic N) is 5. The van der Waals surface area contributed by atoms with E-state index in [4.69, 9.17) is 19.3 Å². The predicted octanol–water partition coefficient (Wildman–Crippen LogP) is 7.02. The molecule has 0 unspecified atom stereocenters. The number of hydrogen-bond donors (Lipinski definition) is 3. The summed E-state index contributed by atoms with van der Waals surface area (Å²) in [5.41, 5.74) is 2.87. The molecule has 13 nitrogen and oxygen atoms in total. The number of ether oxygens (including phenoxy) is 3. The van der Waals surface area contributed by atoms with Gasteiger partial charge in [-0.25, -0.2) is 28.2 Å². The minimum atomic E-state index is -1.17. The molecule has 0 spiro atoms. The van der Waals surface area contributed by atoms with Crippen molar-refractivity contribution >= 4 is 11.9 Å². The van der Waals surface area contributed by atoms with Crippen molar-refractivity contribution in [2.24, 2.45) is 0 Å². The third kappa shape index (κ3) is 9.53. The van der Waals surface area contributed by atoms with Crippen molar-refractivity contribution in [3.63, 3.8) is 0 Å². The fraction of sp³-hybridized carbons (Fsp3) is 0.368.